The van der Waals surface area contributed by atoms with Crippen molar-refractivity contribution in [2.75, 3.05) is 0 Å². The minimum atomic E-state index is 0.754. The molecule has 44 heavy (non-hydrogen) atoms. The van der Waals surface area contributed by atoms with Crippen molar-refractivity contribution in [2.45, 2.75) is 9.79 Å². The molecule has 0 saturated heterocycles. The highest BCUT2D eigenvalue weighted by Crippen LogP contribution is 2.28. The van der Waals surface area contributed by atoms with Gasteiger partial charge in [0.2, 0.25) is 0 Å². The summed E-state index contributed by atoms with van der Waals surface area (Å²) < 4.78 is 12.7. The normalized spacial score (nSPS) is 10.0. The molecule has 0 unspecified atom stereocenters. The summed E-state index contributed by atoms with van der Waals surface area (Å²) in [5.41, 5.74) is 0. The van der Waals surface area contributed by atoms with Crippen LogP contribution in [0.15, 0.2) is 202 Å². The van der Waals surface area contributed by atoms with Gasteiger partial charge in [-0.2, -0.15) is 0 Å². The van der Waals surface area contributed by atoms with E-state index in [1.165, 1.54) is 20.6 Å². The summed E-state index contributed by atoms with van der Waals surface area (Å²) in [5.74, 6) is 3.13. The van der Waals surface area contributed by atoms with E-state index >= 15 is 0 Å². The third-order valence-electron chi connectivity index (χ3n) is 6.22. The van der Waals surface area contributed by atoms with Crippen molar-refractivity contribution in [3.63, 3.8) is 0 Å². The van der Waals surface area contributed by atoms with Crippen molar-refractivity contribution in [1.29, 1.82) is 0 Å². The van der Waals surface area contributed by atoms with Crippen molar-refractivity contribution in [2.24, 2.45) is 0 Å². The van der Waals surface area contributed by atoms with Gasteiger partial charge in [-0.25, -0.2) is 0 Å². The topological polar surface area (TPSA) is 18.5 Å². The van der Waals surface area contributed by atoms with Crippen LogP contribution in [0.4, 0.5) is 0 Å². The second-order valence-electron chi connectivity index (χ2n) is 9.49. The summed E-state index contributed by atoms with van der Waals surface area (Å²) in [6, 6.07) is 62.3. The molecule has 0 amide bonds. The van der Waals surface area contributed by atoms with Crippen LogP contribution in [0.1, 0.15) is 0 Å². The summed E-state index contributed by atoms with van der Waals surface area (Å²) in [7, 11) is 0. The van der Waals surface area contributed by atoms with Crippen LogP contribution in [0.25, 0.3) is 10.8 Å². The van der Waals surface area contributed by atoms with E-state index in [-0.39, 0.29) is 0 Å². The van der Waals surface area contributed by atoms with Crippen LogP contribution in [0.3, 0.4) is 0 Å². The van der Waals surface area contributed by atoms with Crippen LogP contribution in [0.2, 0.25) is 0 Å². The highest BCUT2D eigenvalue weighted by molar-refractivity contribution is 9.10. The molecule has 0 saturated carbocycles. The van der Waals surface area contributed by atoms with Crippen LogP contribution in [-0.2, 0) is 0 Å². The van der Waals surface area contributed by atoms with Gasteiger partial charge in [0.25, 0.3) is 0 Å². The van der Waals surface area contributed by atoms with Gasteiger partial charge in [-0.05, 0) is 77.5 Å². The number of hydrogen-bond acceptors (Lipinski definition) is 3. The van der Waals surface area contributed by atoms with Gasteiger partial charge in [0.15, 0.2) is 0 Å². The van der Waals surface area contributed by atoms with E-state index in [1.807, 2.05) is 109 Å². The Morgan fingerprint density at radius 3 is 1.25 bits per heavy atom. The number of hydrogen-bond donors (Lipinski definition) is 0. The van der Waals surface area contributed by atoms with Crippen LogP contribution in [0.5, 0.6) is 23.0 Å². The maximum absolute atomic E-state index is 5.78. The molecule has 0 radical (unpaired) electrons. The van der Waals surface area contributed by atoms with E-state index in [2.05, 4.69) is 94.8 Å². The SMILES string of the molecule is Brc1cccc2ccccc12.c1ccc(Oc2cccc(Oc3ccccc3)c2)cc1.c1ccc(Sc2ccccc2)cc1. The summed E-state index contributed by atoms with van der Waals surface area (Å²) in [4.78, 5) is 2.57. The van der Waals surface area contributed by atoms with E-state index in [1.54, 1.807) is 11.8 Å². The smallest absolute Gasteiger partial charge is 0.131 e. The average Bonchev–Trinajstić information content (AvgIpc) is 3.08. The average molecular weight is 656 g/mol. The predicted octanol–water partition coefficient (Wildman–Crippen LogP) is 12.7. The molecule has 0 aromatic heterocycles. The van der Waals surface area contributed by atoms with Gasteiger partial charge in [-0.1, -0.05) is 143 Å². The molecule has 7 aromatic carbocycles. The number of rotatable bonds is 6. The van der Waals surface area contributed by atoms with Gasteiger partial charge in [-0.15, -0.1) is 0 Å². The fourth-order valence-electron chi connectivity index (χ4n) is 4.15. The standard InChI is InChI=1S/C18H14O2.C12H10S.C10H7Br/c1-3-8-15(9-4-1)19-17-12-7-13-18(14-17)20-16-10-5-2-6-11-16;1-3-7-11(8-4-1)13-12-9-5-2-6-10-12;11-10-7-3-5-8-4-1-2-6-9(8)10/h1-14H;1-10H;1-7H. The molecule has 0 aliphatic heterocycles. The molecular weight excluding hydrogens is 624 g/mol. The molecule has 0 aliphatic rings. The van der Waals surface area contributed by atoms with Crippen LogP contribution in [-0.4, -0.2) is 0 Å². The number of benzene rings is 7. The third-order valence-corrected chi connectivity index (χ3v) is 7.93. The van der Waals surface area contributed by atoms with E-state index in [9.17, 15) is 0 Å². The highest BCUT2D eigenvalue weighted by atomic mass is 79.9. The first-order valence-electron chi connectivity index (χ1n) is 14.2. The lowest BCUT2D eigenvalue weighted by Crippen LogP contribution is -1.86. The third kappa shape index (κ3) is 9.91. The molecule has 0 heterocycles. The summed E-state index contributed by atoms with van der Waals surface area (Å²) in [6.07, 6.45) is 0. The molecule has 0 aliphatic carbocycles. The Hall–Kier alpha value is -4.77. The van der Waals surface area contributed by atoms with Crippen LogP contribution >= 0.6 is 27.7 Å². The maximum Gasteiger partial charge on any atom is 0.131 e. The zero-order valence-corrected chi connectivity index (χ0v) is 26.4. The molecule has 2 nitrogen and oxygen atoms in total. The number of fused-ring (bicyclic) bond motifs is 1. The highest BCUT2D eigenvalue weighted by Gasteiger charge is 2.01. The molecule has 0 fully saturated rings. The molecule has 0 N–H and O–H groups in total. The Labute approximate surface area is 272 Å². The number of para-hydroxylation sites is 2. The van der Waals surface area contributed by atoms with Crippen molar-refractivity contribution in [3.05, 3.63) is 193 Å². The monoisotopic (exact) mass is 654 g/mol. The maximum atomic E-state index is 5.78. The molecule has 0 bridgehead atoms. The van der Waals surface area contributed by atoms with Crippen molar-refractivity contribution in [3.8, 4) is 23.0 Å². The van der Waals surface area contributed by atoms with E-state index < -0.39 is 0 Å². The quantitative estimate of drug-likeness (QED) is 0.178. The van der Waals surface area contributed by atoms with Gasteiger partial charge in [0.05, 0.1) is 0 Å². The van der Waals surface area contributed by atoms with Gasteiger partial charge in [-0.3, -0.25) is 0 Å². The lowest BCUT2D eigenvalue weighted by atomic mass is 10.1. The van der Waals surface area contributed by atoms with Crippen LogP contribution < -0.4 is 9.47 Å². The van der Waals surface area contributed by atoms with Gasteiger partial charge < -0.3 is 9.47 Å². The van der Waals surface area contributed by atoms with E-state index in [4.69, 9.17) is 9.47 Å². The molecule has 0 spiro atoms. The Bertz CT molecular complexity index is 1730. The number of ether oxygens (including phenoxy) is 2. The minimum absolute atomic E-state index is 0.754. The van der Waals surface area contributed by atoms with Crippen molar-refractivity contribution >= 4 is 38.5 Å². The fraction of sp³-hybridized carbons (Fsp3) is 0. The van der Waals surface area contributed by atoms with Crippen LogP contribution in [0, 0.1) is 0 Å². The fourth-order valence-corrected chi connectivity index (χ4v) is 5.52. The zero-order valence-electron chi connectivity index (χ0n) is 24.0. The molecule has 7 rings (SSSR count). The summed E-state index contributed by atoms with van der Waals surface area (Å²) in [5, 5.41) is 2.55. The first-order valence-corrected chi connectivity index (χ1v) is 15.8. The molecule has 0 atom stereocenters. The predicted molar refractivity (Wildman–Crippen MR) is 188 cm³/mol. The minimum Gasteiger partial charge on any atom is -0.457 e. The van der Waals surface area contributed by atoms with Crippen molar-refractivity contribution < 1.29 is 9.47 Å². The van der Waals surface area contributed by atoms with E-state index in [0.29, 0.717) is 0 Å². The first kappa shape index (κ1) is 30.7. The molecule has 7 aromatic rings. The second-order valence-corrected chi connectivity index (χ2v) is 11.5. The van der Waals surface area contributed by atoms with Gasteiger partial charge in [0, 0.05) is 20.3 Å². The van der Waals surface area contributed by atoms with E-state index in [0.717, 1.165) is 27.5 Å². The summed E-state index contributed by atoms with van der Waals surface area (Å²) >= 11 is 5.28. The first-order chi connectivity index (χ1) is 21.7. The molecule has 216 valence electrons. The Morgan fingerprint density at radius 1 is 0.364 bits per heavy atom. The lowest BCUT2D eigenvalue weighted by molar-refractivity contribution is 0.460. The number of halogens is 1. The Morgan fingerprint density at radius 2 is 0.750 bits per heavy atom. The van der Waals surface area contributed by atoms with Crippen molar-refractivity contribution in [1.82, 2.24) is 0 Å². The second kappa shape index (κ2) is 16.8. The Balaban J connectivity index is 0.000000139. The summed E-state index contributed by atoms with van der Waals surface area (Å²) in [6.45, 7) is 0. The zero-order chi connectivity index (χ0) is 30.2. The molecular formula is C40H31BrO2S. The Kier molecular flexibility index (Phi) is 11.7. The largest absolute Gasteiger partial charge is 0.457 e. The molecule has 4 heteroatoms. The van der Waals surface area contributed by atoms with Gasteiger partial charge >= 0.3 is 0 Å². The van der Waals surface area contributed by atoms with Gasteiger partial charge in [0.1, 0.15) is 23.0 Å². The lowest BCUT2D eigenvalue weighted by Gasteiger charge is -2.08.